The summed E-state index contributed by atoms with van der Waals surface area (Å²) in [6, 6.07) is 8.70. The minimum Gasteiger partial charge on any atom is -0.338 e. The summed E-state index contributed by atoms with van der Waals surface area (Å²) in [4.78, 5) is 14.3. The van der Waals surface area contributed by atoms with Crippen LogP contribution in [0.2, 0.25) is 0 Å². The molecule has 0 radical (unpaired) electrons. The van der Waals surface area contributed by atoms with Crippen LogP contribution in [-0.2, 0) is 6.54 Å². The average Bonchev–Trinajstić information content (AvgIpc) is 2.45. The molecule has 1 aromatic carbocycles. The zero-order valence-corrected chi connectivity index (χ0v) is 15.0. The van der Waals surface area contributed by atoms with Gasteiger partial charge in [0.05, 0.1) is 0 Å². The zero-order chi connectivity index (χ0) is 16.9. The molecule has 0 aromatic heterocycles. The van der Waals surface area contributed by atoms with Gasteiger partial charge in [0, 0.05) is 18.6 Å². The van der Waals surface area contributed by atoms with Crippen molar-refractivity contribution in [3.05, 3.63) is 35.4 Å². The molecule has 1 aromatic rings. The summed E-state index contributed by atoms with van der Waals surface area (Å²) >= 11 is 0. The number of urea groups is 1. The second kappa shape index (κ2) is 7.82. The van der Waals surface area contributed by atoms with E-state index in [-0.39, 0.29) is 11.6 Å². The monoisotopic (exact) mass is 317 g/mol. The maximum atomic E-state index is 11.8. The molecule has 1 aliphatic heterocycles. The van der Waals surface area contributed by atoms with Crippen LogP contribution < -0.4 is 10.6 Å². The Morgan fingerprint density at radius 1 is 1.26 bits per heavy atom. The molecule has 4 heteroatoms. The molecule has 23 heavy (non-hydrogen) atoms. The first-order valence-electron chi connectivity index (χ1n) is 8.66. The van der Waals surface area contributed by atoms with Crippen molar-refractivity contribution in [3.8, 4) is 0 Å². The number of nitrogens with one attached hydrogen (secondary N) is 2. The number of amides is 2. The van der Waals surface area contributed by atoms with Crippen molar-refractivity contribution in [1.29, 1.82) is 0 Å². The number of likely N-dealkylation sites (tertiary alicyclic amines) is 1. The lowest BCUT2D eigenvalue weighted by atomic mass is 9.96. The fourth-order valence-electron chi connectivity index (χ4n) is 3.04. The third-order valence-electron chi connectivity index (χ3n) is 4.24. The fourth-order valence-corrected chi connectivity index (χ4v) is 3.04. The summed E-state index contributed by atoms with van der Waals surface area (Å²) in [7, 11) is 0. The maximum absolute atomic E-state index is 11.8. The normalized spacial score (nSPS) is 17.0. The van der Waals surface area contributed by atoms with Gasteiger partial charge in [-0.1, -0.05) is 29.8 Å². The number of hydrogen-bond acceptors (Lipinski definition) is 2. The Labute approximate surface area is 140 Å². The third-order valence-corrected chi connectivity index (χ3v) is 4.24. The van der Waals surface area contributed by atoms with Gasteiger partial charge in [0.1, 0.15) is 0 Å². The van der Waals surface area contributed by atoms with E-state index in [1.165, 1.54) is 11.1 Å². The SMILES string of the molecule is Cc1cccc(CN2CCC(CNC(=O)NC(C)(C)C)CC2)c1. The van der Waals surface area contributed by atoms with Gasteiger partial charge in [-0.2, -0.15) is 0 Å². The molecule has 0 atom stereocenters. The average molecular weight is 317 g/mol. The van der Waals surface area contributed by atoms with Crippen molar-refractivity contribution >= 4 is 6.03 Å². The molecule has 1 heterocycles. The van der Waals surface area contributed by atoms with Crippen LogP contribution in [0.25, 0.3) is 0 Å². The van der Waals surface area contributed by atoms with Crippen LogP contribution in [0.5, 0.6) is 0 Å². The Kier molecular flexibility index (Phi) is 6.05. The number of carbonyl (C=O) groups excluding carboxylic acids is 1. The van der Waals surface area contributed by atoms with Crippen LogP contribution in [0.15, 0.2) is 24.3 Å². The molecule has 1 fully saturated rings. The van der Waals surface area contributed by atoms with E-state index in [9.17, 15) is 4.79 Å². The lowest BCUT2D eigenvalue weighted by Gasteiger charge is -2.32. The standard InChI is InChI=1S/C19H31N3O/c1-15-6-5-7-17(12-15)14-22-10-8-16(9-11-22)13-20-18(23)21-19(2,3)4/h5-7,12,16H,8-11,13-14H2,1-4H3,(H2,20,21,23). The van der Waals surface area contributed by atoms with Crippen LogP contribution in [0.4, 0.5) is 4.79 Å². The smallest absolute Gasteiger partial charge is 0.315 e. The van der Waals surface area contributed by atoms with Gasteiger partial charge < -0.3 is 10.6 Å². The minimum atomic E-state index is -0.179. The number of aryl methyl sites for hydroxylation is 1. The predicted octanol–water partition coefficient (Wildman–Crippen LogP) is 3.30. The van der Waals surface area contributed by atoms with Gasteiger partial charge in [-0.15, -0.1) is 0 Å². The van der Waals surface area contributed by atoms with Crippen LogP contribution in [0.3, 0.4) is 0 Å². The van der Waals surface area contributed by atoms with E-state index in [0.29, 0.717) is 5.92 Å². The zero-order valence-electron chi connectivity index (χ0n) is 15.0. The van der Waals surface area contributed by atoms with Gasteiger partial charge in [0.15, 0.2) is 0 Å². The highest BCUT2D eigenvalue weighted by Gasteiger charge is 2.20. The van der Waals surface area contributed by atoms with Gasteiger partial charge >= 0.3 is 6.03 Å². The molecule has 0 spiro atoms. The van der Waals surface area contributed by atoms with Crippen LogP contribution in [0.1, 0.15) is 44.7 Å². The second-order valence-electron chi connectivity index (χ2n) is 7.79. The van der Waals surface area contributed by atoms with Crippen molar-refractivity contribution in [3.63, 3.8) is 0 Å². The van der Waals surface area contributed by atoms with E-state index in [1.807, 2.05) is 20.8 Å². The van der Waals surface area contributed by atoms with E-state index in [2.05, 4.69) is 46.7 Å². The summed E-state index contributed by atoms with van der Waals surface area (Å²) in [6.45, 7) is 12.2. The molecule has 2 rings (SSSR count). The van der Waals surface area contributed by atoms with Gasteiger partial charge in [0.2, 0.25) is 0 Å². The first-order chi connectivity index (χ1) is 10.8. The van der Waals surface area contributed by atoms with E-state index in [1.54, 1.807) is 0 Å². The van der Waals surface area contributed by atoms with Crippen LogP contribution >= 0.6 is 0 Å². The quantitative estimate of drug-likeness (QED) is 0.895. The van der Waals surface area contributed by atoms with Crippen molar-refractivity contribution in [2.45, 2.75) is 52.6 Å². The largest absolute Gasteiger partial charge is 0.338 e. The molecular weight excluding hydrogens is 286 g/mol. The van der Waals surface area contributed by atoms with E-state index in [4.69, 9.17) is 0 Å². The molecule has 2 amide bonds. The van der Waals surface area contributed by atoms with Crippen molar-refractivity contribution in [1.82, 2.24) is 15.5 Å². The van der Waals surface area contributed by atoms with Crippen molar-refractivity contribution in [2.24, 2.45) is 5.92 Å². The van der Waals surface area contributed by atoms with Crippen LogP contribution in [0, 0.1) is 12.8 Å². The lowest BCUT2D eigenvalue weighted by molar-refractivity contribution is 0.174. The number of benzene rings is 1. The van der Waals surface area contributed by atoms with Crippen LogP contribution in [-0.4, -0.2) is 36.1 Å². The highest BCUT2D eigenvalue weighted by atomic mass is 16.2. The third kappa shape index (κ3) is 6.61. The number of piperidine rings is 1. The summed E-state index contributed by atoms with van der Waals surface area (Å²) in [6.07, 6.45) is 2.31. The van der Waals surface area contributed by atoms with Crippen molar-refractivity contribution < 1.29 is 4.79 Å². The lowest BCUT2D eigenvalue weighted by Crippen LogP contribution is -2.48. The Bertz CT molecular complexity index is 514. The second-order valence-corrected chi connectivity index (χ2v) is 7.79. The van der Waals surface area contributed by atoms with Gasteiger partial charge in [-0.05, 0) is 65.1 Å². The molecular formula is C19H31N3O. The van der Waals surface area contributed by atoms with E-state index in [0.717, 1.165) is 39.0 Å². The molecule has 2 N–H and O–H groups in total. The summed E-state index contributed by atoms with van der Waals surface area (Å²) in [5.41, 5.74) is 2.54. The maximum Gasteiger partial charge on any atom is 0.315 e. The molecule has 4 nitrogen and oxygen atoms in total. The number of hydrogen-bond donors (Lipinski definition) is 2. The molecule has 0 unspecified atom stereocenters. The molecule has 1 aliphatic rings. The van der Waals surface area contributed by atoms with Crippen molar-refractivity contribution in [2.75, 3.05) is 19.6 Å². The topological polar surface area (TPSA) is 44.4 Å². The predicted molar refractivity (Wildman–Crippen MR) is 95.5 cm³/mol. The summed E-state index contributed by atoms with van der Waals surface area (Å²) in [5, 5.41) is 5.96. The molecule has 0 saturated carbocycles. The highest BCUT2D eigenvalue weighted by molar-refractivity contribution is 5.74. The number of rotatable bonds is 4. The first kappa shape index (κ1) is 17.8. The van der Waals surface area contributed by atoms with E-state index >= 15 is 0 Å². The molecule has 128 valence electrons. The number of nitrogens with zero attached hydrogens (tertiary/aromatic N) is 1. The van der Waals surface area contributed by atoms with Gasteiger partial charge in [-0.25, -0.2) is 4.79 Å². The first-order valence-corrected chi connectivity index (χ1v) is 8.66. The van der Waals surface area contributed by atoms with Gasteiger partial charge in [0.25, 0.3) is 0 Å². The molecule has 1 saturated heterocycles. The Morgan fingerprint density at radius 2 is 1.96 bits per heavy atom. The Hall–Kier alpha value is -1.55. The minimum absolute atomic E-state index is 0.0558. The molecule has 0 aliphatic carbocycles. The fraction of sp³-hybridized carbons (Fsp3) is 0.632. The van der Waals surface area contributed by atoms with E-state index < -0.39 is 0 Å². The summed E-state index contributed by atoms with van der Waals surface area (Å²) < 4.78 is 0. The summed E-state index contributed by atoms with van der Waals surface area (Å²) in [5.74, 6) is 0.592. The Balaban J connectivity index is 1.69. The number of carbonyl (C=O) groups is 1. The Morgan fingerprint density at radius 3 is 2.57 bits per heavy atom. The molecule has 0 bridgehead atoms. The van der Waals surface area contributed by atoms with Gasteiger partial charge in [-0.3, -0.25) is 4.90 Å². The highest BCUT2D eigenvalue weighted by Crippen LogP contribution is 2.18.